The maximum atomic E-state index is 5.74. The number of alkyl halides is 1. The second-order valence-corrected chi connectivity index (χ2v) is 8.56. The van der Waals surface area contributed by atoms with Gasteiger partial charge in [-0.15, -0.1) is 11.3 Å². The third-order valence-corrected chi connectivity index (χ3v) is 7.62. The highest BCUT2D eigenvalue weighted by Crippen LogP contribution is 2.43. The van der Waals surface area contributed by atoms with Gasteiger partial charge in [-0.3, -0.25) is 0 Å². The number of hydrogen-bond donors (Lipinski definition) is 0. The number of thiophene rings is 1. The van der Waals surface area contributed by atoms with Gasteiger partial charge in [-0.2, -0.15) is 0 Å². The molecule has 0 aliphatic carbocycles. The van der Waals surface area contributed by atoms with E-state index in [1.165, 1.54) is 4.88 Å². The van der Waals surface area contributed by atoms with Gasteiger partial charge in [-0.25, -0.2) is 0 Å². The number of benzene rings is 1. The maximum Gasteiger partial charge on any atom is 0.161 e. The van der Waals surface area contributed by atoms with Gasteiger partial charge in [0.1, 0.15) is 0 Å². The van der Waals surface area contributed by atoms with Gasteiger partial charge >= 0.3 is 0 Å². The lowest BCUT2D eigenvalue weighted by molar-refractivity contribution is 0.297. The van der Waals surface area contributed by atoms with Gasteiger partial charge in [0.15, 0.2) is 11.5 Å². The van der Waals surface area contributed by atoms with Crippen LogP contribution in [-0.2, 0) is 0 Å². The molecule has 0 radical (unpaired) electrons. The molecule has 0 amide bonds. The van der Waals surface area contributed by atoms with Crippen molar-refractivity contribution in [2.24, 2.45) is 0 Å². The van der Waals surface area contributed by atoms with E-state index in [2.05, 4.69) is 66.0 Å². The summed E-state index contributed by atoms with van der Waals surface area (Å²) in [5.41, 5.74) is 1.16. The summed E-state index contributed by atoms with van der Waals surface area (Å²) < 4.78 is 13.6. The van der Waals surface area contributed by atoms with E-state index in [1.807, 2.05) is 6.07 Å². The predicted octanol–water partition coefficient (Wildman–Crippen LogP) is 5.92. The molecule has 1 aliphatic rings. The van der Waals surface area contributed by atoms with Gasteiger partial charge in [-0.1, -0.05) is 22.0 Å². The van der Waals surface area contributed by atoms with Crippen molar-refractivity contribution in [3.63, 3.8) is 0 Å². The van der Waals surface area contributed by atoms with Crippen LogP contribution in [0.25, 0.3) is 0 Å². The van der Waals surface area contributed by atoms with Crippen molar-refractivity contribution < 1.29 is 9.47 Å². The van der Waals surface area contributed by atoms with Crippen LogP contribution in [0.3, 0.4) is 0 Å². The van der Waals surface area contributed by atoms with Crippen molar-refractivity contribution in [2.45, 2.75) is 11.2 Å². The second kappa shape index (κ2) is 6.38. The standard InChI is InChI=1S/C14H11Br3O2S/c15-9-7-12(20-14(9)17)13(16)8-2-3-10-11(6-8)19-5-1-4-18-10/h2-3,6-7,13H,1,4-5H2. The zero-order valence-corrected chi connectivity index (χ0v) is 15.9. The Morgan fingerprint density at radius 3 is 2.50 bits per heavy atom. The quantitative estimate of drug-likeness (QED) is 0.495. The predicted molar refractivity (Wildman–Crippen MR) is 92.5 cm³/mol. The molecule has 2 heterocycles. The zero-order chi connectivity index (χ0) is 14.1. The summed E-state index contributed by atoms with van der Waals surface area (Å²) in [6, 6.07) is 8.25. The molecule has 0 bridgehead atoms. The van der Waals surface area contributed by atoms with Crippen molar-refractivity contribution in [1.29, 1.82) is 0 Å². The Morgan fingerprint density at radius 1 is 1.05 bits per heavy atom. The van der Waals surface area contributed by atoms with E-state index in [9.17, 15) is 0 Å². The first-order chi connectivity index (χ1) is 9.65. The maximum absolute atomic E-state index is 5.74. The first kappa shape index (κ1) is 14.9. The second-order valence-electron chi connectivity index (χ2n) is 4.39. The highest BCUT2D eigenvalue weighted by atomic mass is 79.9. The summed E-state index contributed by atoms with van der Waals surface area (Å²) in [4.78, 5) is 1.38. The van der Waals surface area contributed by atoms with Crippen LogP contribution in [0, 0.1) is 0 Å². The molecule has 0 N–H and O–H groups in total. The van der Waals surface area contributed by atoms with Gasteiger partial charge in [0.05, 0.1) is 21.8 Å². The first-order valence-electron chi connectivity index (χ1n) is 6.13. The molecule has 0 fully saturated rings. The van der Waals surface area contributed by atoms with E-state index in [0.717, 1.165) is 38.3 Å². The SMILES string of the molecule is Brc1cc(C(Br)c2ccc3c(c2)OCCCO3)sc1Br. The summed E-state index contributed by atoms with van der Waals surface area (Å²) >= 11 is 12.5. The van der Waals surface area contributed by atoms with Crippen LogP contribution < -0.4 is 9.47 Å². The fourth-order valence-electron chi connectivity index (χ4n) is 1.99. The Bertz CT molecular complexity index is 607. The number of rotatable bonds is 2. The fourth-order valence-corrected chi connectivity index (χ4v) is 4.78. The Balaban J connectivity index is 1.92. The third-order valence-electron chi connectivity index (χ3n) is 2.98. The minimum absolute atomic E-state index is 0.146. The minimum Gasteiger partial charge on any atom is -0.490 e. The van der Waals surface area contributed by atoms with Crippen molar-refractivity contribution in [1.82, 2.24) is 0 Å². The van der Waals surface area contributed by atoms with Crippen LogP contribution in [0.2, 0.25) is 0 Å². The molecule has 20 heavy (non-hydrogen) atoms. The molecule has 2 nitrogen and oxygen atoms in total. The van der Waals surface area contributed by atoms with Gasteiger partial charge in [0, 0.05) is 15.8 Å². The highest BCUT2D eigenvalue weighted by molar-refractivity contribution is 9.13. The molecule has 106 valence electrons. The molecule has 0 saturated heterocycles. The van der Waals surface area contributed by atoms with Crippen molar-refractivity contribution in [2.75, 3.05) is 13.2 Å². The Morgan fingerprint density at radius 2 is 1.80 bits per heavy atom. The normalized spacial score (nSPS) is 15.8. The lowest BCUT2D eigenvalue weighted by atomic mass is 10.1. The van der Waals surface area contributed by atoms with Crippen LogP contribution in [0.1, 0.15) is 21.7 Å². The number of hydrogen-bond acceptors (Lipinski definition) is 3. The van der Waals surface area contributed by atoms with Crippen LogP contribution in [0.15, 0.2) is 32.5 Å². The van der Waals surface area contributed by atoms with E-state index >= 15 is 0 Å². The molecular formula is C14H11Br3O2S. The molecule has 1 aromatic heterocycles. The molecular weight excluding hydrogens is 472 g/mol. The number of halogens is 3. The van der Waals surface area contributed by atoms with Crippen LogP contribution in [0.4, 0.5) is 0 Å². The van der Waals surface area contributed by atoms with Crippen LogP contribution in [0.5, 0.6) is 11.5 Å². The van der Waals surface area contributed by atoms with Crippen LogP contribution in [-0.4, -0.2) is 13.2 Å². The minimum atomic E-state index is 0.146. The highest BCUT2D eigenvalue weighted by Gasteiger charge is 2.18. The lowest BCUT2D eigenvalue weighted by Gasteiger charge is -2.12. The molecule has 3 rings (SSSR count). The first-order valence-corrected chi connectivity index (χ1v) is 9.45. The summed E-state index contributed by atoms with van der Waals surface area (Å²) in [5, 5.41) is 0. The van der Waals surface area contributed by atoms with Gasteiger partial charge in [-0.05, 0) is 55.6 Å². The molecule has 1 aliphatic heterocycles. The number of ether oxygens (including phenoxy) is 2. The van der Waals surface area contributed by atoms with Crippen LogP contribution >= 0.6 is 59.1 Å². The largest absolute Gasteiger partial charge is 0.490 e. The summed E-state index contributed by atoms with van der Waals surface area (Å²) in [6.45, 7) is 1.43. The van der Waals surface area contributed by atoms with E-state index < -0.39 is 0 Å². The smallest absolute Gasteiger partial charge is 0.161 e. The van der Waals surface area contributed by atoms with E-state index in [-0.39, 0.29) is 4.83 Å². The summed E-state index contributed by atoms with van der Waals surface area (Å²) in [5.74, 6) is 1.67. The van der Waals surface area contributed by atoms with E-state index in [0.29, 0.717) is 6.61 Å². The molecule has 1 unspecified atom stereocenters. The molecule has 0 spiro atoms. The topological polar surface area (TPSA) is 18.5 Å². The van der Waals surface area contributed by atoms with Crippen molar-refractivity contribution in [3.05, 3.63) is 43.0 Å². The number of fused-ring (bicyclic) bond motifs is 1. The van der Waals surface area contributed by atoms with E-state index in [1.54, 1.807) is 11.3 Å². The van der Waals surface area contributed by atoms with Gasteiger partial charge in [0.2, 0.25) is 0 Å². The molecule has 2 aromatic rings. The van der Waals surface area contributed by atoms with Crippen molar-refractivity contribution in [3.8, 4) is 11.5 Å². The summed E-state index contributed by atoms with van der Waals surface area (Å²) in [7, 11) is 0. The fraction of sp³-hybridized carbons (Fsp3) is 0.286. The summed E-state index contributed by atoms with van der Waals surface area (Å²) in [6.07, 6.45) is 0.923. The Kier molecular flexibility index (Phi) is 4.75. The average Bonchev–Trinajstić information content (AvgIpc) is 2.67. The zero-order valence-electron chi connectivity index (χ0n) is 10.4. The molecule has 0 saturated carbocycles. The van der Waals surface area contributed by atoms with Gasteiger partial charge in [0.25, 0.3) is 0 Å². The molecule has 1 aromatic carbocycles. The Labute approximate surface area is 146 Å². The molecule has 6 heteroatoms. The lowest BCUT2D eigenvalue weighted by Crippen LogP contribution is -1.97. The van der Waals surface area contributed by atoms with E-state index in [4.69, 9.17) is 9.47 Å². The average molecular weight is 483 g/mol. The van der Waals surface area contributed by atoms with Crippen molar-refractivity contribution >= 4 is 59.1 Å². The van der Waals surface area contributed by atoms with Gasteiger partial charge < -0.3 is 9.47 Å². The Hall–Kier alpha value is -0.0400. The monoisotopic (exact) mass is 480 g/mol. The molecule has 1 atom stereocenters. The third kappa shape index (κ3) is 3.08.